The molecular formula is C15H18N4OS. The van der Waals surface area contributed by atoms with Crippen LogP contribution in [0.5, 0.6) is 0 Å². The van der Waals surface area contributed by atoms with Crippen LogP contribution in [0.25, 0.3) is 0 Å². The molecule has 1 fully saturated rings. The minimum Gasteiger partial charge on any atom is -0.317 e. The average Bonchev–Trinajstić information content (AvgIpc) is 2.97. The maximum absolute atomic E-state index is 12.2. The molecule has 0 saturated carbocycles. The van der Waals surface area contributed by atoms with Gasteiger partial charge in [-0.15, -0.1) is 11.3 Å². The van der Waals surface area contributed by atoms with Crippen molar-refractivity contribution < 1.29 is 4.79 Å². The second-order valence-electron chi connectivity index (χ2n) is 5.19. The Morgan fingerprint density at radius 3 is 3.00 bits per heavy atom. The number of nitrogens with one attached hydrogen (secondary N) is 2. The normalized spacial score (nSPS) is 15.9. The first-order valence-corrected chi connectivity index (χ1v) is 8.01. The van der Waals surface area contributed by atoms with Gasteiger partial charge in [-0.1, -0.05) is 0 Å². The number of thiazole rings is 1. The van der Waals surface area contributed by atoms with Crippen LogP contribution in [0.3, 0.4) is 0 Å². The van der Waals surface area contributed by atoms with Crippen LogP contribution in [0.15, 0.2) is 23.7 Å². The topological polar surface area (TPSA) is 66.9 Å². The lowest BCUT2D eigenvalue weighted by Crippen LogP contribution is -2.26. The summed E-state index contributed by atoms with van der Waals surface area (Å²) in [4.78, 5) is 20.9. The Balaban J connectivity index is 1.69. The molecule has 0 aliphatic carbocycles. The van der Waals surface area contributed by atoms with Crippen molar-refractivity contribution in [3.63, 3.8) is 0 Å². The van der Waals surface area contributed by atoms with Gasteiger partial charge in [-0.05, 0) is 45.0 Å². The number of aryl methyl sites for hydroxylation is 1. The number of aromatic nitrogens is 2. The lowest BCUT2D eigenvalue weighted by molar-refractivity contribution is 0.102. The second kappa shape index (κ2) is 6.32. The molecule has 1 amide bonds. The number of anilines is 1. The summed E-state index contributed by atoms with van der Waals surface area (Å²) in [7, 11) is 0. The number of hydrogen-bond acceptors (Lipinski definition) is 5. The minimum absolute atomic E-state index is 0.146. The van der Waals surface area contributed by atoms with Gasteiger partial charge in [0, 0.05) is 23.2 Å². The monoisotopic (exact) mass is 302 g/mol. The van der Waals surface area contributed by atoms with Crippen molar-refractivity contribution in [3.05, 3.63) is 40.7 Å². The Hall–Kier alpha value is -1.79. The van der Waals surface area contributed by atoms with Crippen molar-refractivity contribution in [2.45, 2.75) is 25.7 Å². The molecule has 5 nitrogen and oxygen atoms in total. The third-order valence-corrected chi connectivity index (χ3v) is 4.53. The van der Waals surface area contributed by atoms with E-state index in [-0.39, 0.29) is 5.91 Å². The van der Waals surface area contributed by atoms with Crippen LogP contribution in [0.1, 0.15) is 40.5 Å². The summed E-state index contributed by atoms with van der Waals surface area (Å²) < 4.78 is 0. The molecule has 0 radical (unpaired) electrons. The van der Waals surface area contributed by atoms with Gasteiger partial charge in [0.2, 0.25) is 0 Å². The zero-order chi connectivity index (χ0) is 14.7. The minimum atomic E-state index is -0.146. The van der Waals surface area contributed by atoms with Crippen molar-refractivity contribution in [3.8, 4) is 0 Å². The summed E-state index contributed by atoms with van der Waals surface area (Å²) in [6.07, 6.45) is 3.91. The number of hydrogen-bond donors (Lipinski definition) is 2. The molecule has 6 heteroatoms. The number of nitrogens with zero attached hydrogens (tertiary/aromatic N) is 2. The summed E-state index contributed by atoms with van der Waals surface area (Å²) in [5.74, 6) is 0.361. The van der Waals surface area contributed by atoms with Gasteiger partial charge in [0.25, 0.3) is 5.91 Å². The van der Waals surface area contributed by atoms with Gasteiger partial charge in [-0.25, -0.2) is 4.98 Å². The predicted octanol–water partition coefficient (Wildman–Crippen LogP) is 2.57. The first-order valence-electron chi connectivity index (χ1n) is 7.13. The number of piperidine rings is 1. The van der Waals surface area contributed by atoms with Crippen LogP contribution in [0.2, 0.25) is 0 Å². The number of amides is 1. The quantitative estimate of drug-likeness (QED) is 0.914. The molecule has 0 atom stereocenters. The lowest BCUT2D eigenvalue weighted by Gasteiger charge is -2.20. The third-order valence-electron chi connectivity index (χ3n) is 3.75. The maximum atomic E-state index is 12.2. The summed E-state index contributed by atoms with van der Waals surface area (Å²) in [5.41, 5.74) is 2.42. The molecule has 2 N–H and O–H groups in total. The Morgan fingerprint density at radius 2 is 2.24 bits per heavy atom. The Kier molecular flexibility index (Phi) is 4.26. The van der Waals surface area contributed by atoms with Crippen molar-refractivity contribution in [1.29, 1.82) is 0 Å². The number of carbonyl (C=O) groups is 1. The largest absolute Gasteiger partial charge is 0.317 e. The summed E-state index contributed by atoms with van der Waals surface area (Å²) in [6, 6.07) is 3.54. The van der Waals surface area contributed by atoms with E-state index < -0.39 is 0 Å². The fraction of sp³-hybridized carbons (Fsp3) is 0.400. The van der Waals surface area contributed by atoms with Gasteiger partial charge >= 0.3 is 0 Å². The van der Waals surface area contributed by atoms with E-state index in [4.69, 9.17) is 0 Å². The van der Waals surface area contributed by atoms with Gasteiger partial charge < -0.3 is 5.32 Å². The van der Waals surface area contributed by atoms with Crippen LogP contribution >= 0.6 is 11.3 Å². The van der Waals surface area contributed by atoms with Gasteiger partial charge in [-0.2, -0.15) is 0 Å². The average molecular weight is 302 g/mol. The smallest absolute Gasteiger partial charge is 0.259 e. The molecule has 0 unspecified atom stereocenters. The van der Waals surface area contributed by atoms with E-state index in [1.165, 1.54) is 11.3 Å². The zero-order valence-electron chi connectivity index (χ0n) is 11.9. The third kappa shape index (κ3) is 3.28. The first kappa shape index (κ1) is 14.2. The van der Waals surface area contributed by atoms with E-state index >= 15 is 0 Å². The predicted molar refractivity (Wildman–Crippen MR) is 83.9 cm³/mol. The molecule has 2 aromatic heterocycles. The molecule has 0 spiro atoms. The molecule has 110 valence electrons. The lowest BCUT2D eigenvalue weighted by atomic mass is 9.96. The fourth-order valence-electron chi connectivity index (χ4n) is 2.54. The van der Waals surface area contributed by atoms with Gasteiger partial charge in [0.1, 0.15) is 0 Å². The standard InChI is InChI=1S/C15H18N4OS/c1-10-12(3-2-6-17-10)14(20)19-15-18-13(9-21-15)11-4-7-16-8-5-11/h2-3,6,9,11,16H,4-5,7-8H2,1H3,(H,18,19,20). The van der Waals surface area contributed by atoms with E-state index in [1.54, 1.807) is 18.3 Å². The van der Waals surface area contributed by atoms with Crippen LogP contribution in [0.4, 0.5) is 5.13 Å². The van der Waals surface area contributed by atoms with Crippen LogP contribution in [-0.4, -0.2) is 29.0 Å². The Morgan fingerprint density at radius 1 is 1.43 bits per heavy atom. The second-order valence-corrected chi connectivity index (χ2v) is 6.05. The van der Waals surface area contributed by atoms with Crippen LogP contribution < -0.4 is 10.6 Å². The number of pyridine rings is 1. The summed E-state index contributed by atoms with van der Waals surface area (Å²) in [5, 5.41) is 8.94. The van der Waals surface area contributed by atoms with Crippen LogP contribution in [0, 0.1) is 6.92 Å². The fourth-order valence-corrected chi connectivity index (χ4v) is 3.32. The first-order chi connectivity index (χ1) is 10.2. The van der Waals surface area contributed by atoms with E-state index in [0.717, 1.165) is 37.3 Å². The van der Waals surface area contributed by atoms with Crippen molar-refractivity contribution in [1.82, 2.24) is 15.3 Å². The number of carbonyl (C=O) groups excluding carboxylic acids is 1. The highest BCUT2D eigenvalue weighted by molar-refractivity contribution is 7.14. The van der Waals surface area contributed by atoms with Gasteiger partial charge in [0.15, 0.2) is 5.13 Å². The molecular weight excluding hydrogens is 284 g/mol. The Labute approximate surface area is 127 Å². The molecule has 21 heavy (non-hydrogen) atoms. The van der Waals surface area contributed by atoms with Crippen molar-refractivity contribution >= 4 is 22.4 Å². The van der Waals surface area contributed by atoms with E-state index in [9.17, 15) is 4.79 Å². The molecule has 1 saturated heterocycles. The highest BCUT2D eigenvalue weighted by Gasteiger charge is 2.19. The molecule has 3 heterocycles. The molecule has 0 bridgehead atoms. The van der Waals surface area contributed by atoms with E-state index in [0.29, 0.717) is 16.6 Å². The highest BCUT2D eigenvalue weighted by atomic mass is 32.1. The van der Waals surface area contributed by atoms with Gasteiger partial charge in [0.05, 0.1) is 11.3 Å². The zero-order valence-corrected chi connectivity index (χ0v) is 12.7. The summed E-state index contributed by atoms with van der Waals surface area (Å²) in [6.45, 7) is 3.91. The molecule has 1 aliphatic rings. The molecule has 3 rings (SSSR count). The van der Waals surface area contributed by atoms with Crippen molar-refractivity contribution in [2.24, 2.45) is 0 Å². The van der Waals surface area contributed by atoms with E-state index in [2.05, 4.69) is 26.0 Å². The van der Waals surface area contributed by atoms with Crippen molar-refractivity contribution in [2.75, 3.05) is 18.4 Å². The Bertz CT molecular complexity index is 634. The SMILES string of the molecule is Cc1ncccc1C(=O)Nc1nc(C2CCNCC2)cs1. The number of rotatable bonds is 3. The van der Waals surface area contributed by atoms with Gasteiger partial charge in [-0.3, -0.25) is 15.1 Å². The molecule has 2 aromatic rings. The molecule has 1 aliphatic heterocycles. The summed E-state index contributed by atoms with van der Waals surface area (Å²) >= 11 is 1.49. The highest BCUT2D eigenvalue weighted by Crippen LogP contribution is 2.28. The maximum Gasteiger partial charge on any atom is 0.259 e. The molecule has 0 aromatic carbocycles. The van der Waals surface area contributed by atoms with Crippen LogP contribution in [-0.2, 0) is 0 Å². The van der Waals surface area contributed by atoms with E-state index in [1.807, 2.05) is 6.92 Å².